The van der Waals surface area contributed by atoms with Gasteiger partial charge in [0.1, 0.15) is 5.82 Å². The first-order chi connectivity index (χ1) is 18.3. The molecule has 0 unspecified atom stereocenters. The smallest absolute Gasteiger partial charge is 0.309 e. The Hall–Kier alpha value is -4.63. The van der Waals surface area contributed by atoms with Gasteiger partial charge in [0.2, 0.25) is 5.95 Å². The molecular weight excluding hydrogens is 466 g/mol. The van der Waals surface area contributed by atoms with Gasteiger partial charge in [-0.2, -0.15) is 9.97 Å². The van der Waals surface area contributed by atoms with Gasteiger partial charge in [-0.15, -0.1) is 0 Å². The maximum atomic E-state index is 6.26. The predicted octanol–water partition coefficient (Wildman–Crippen LogP) is 4.77. The summed E-state index contributed by atoms with van der Waals surface area (Å²) in [6.45, 7) is 3.30. The van der Waals surface area contributed by atoms with Crippen molar-refractivity contribution in [3.8, 4) is 23.3 Å². The van der Waals surface area contributed by atoms with E-state index in [4.69, 9.17) is 19.4 Å². The largest absolute Gasteiger partial charge is 0.493 e. The average molecular weight is 494 g/mol. The van der Waals surface area contributed by atoms with Crippen LogP contribution in [0.5, 0.6) is 17.5 Å². The molecule has 1 aliphatic rings. The van der Waals surface area contributed by atoms with Crippen LogP contribution >= 0.6 is 0 Å². The molecule has 0 atom stereocenters. The van der Waals surface area contributed by atoms with Gasteiger partial charge in [-0.05, 0) is 36.4 Å². The van der Waals surface area contributed by atoms with E-state index in [1.54, 1.807) is 13.3 Å². The molecule has 9 nitrogen and oxygen atoms in total. The molecule has 0 bridgehead atoms. The molecule has 0 amide bonds. The minimum absolute atomic E-state index is 0.409. The third kappa shape index (κ3) is 4.76. The summed E-state index contributed by atoms with van der Waals surface area (Å²) in [5.74, 6) is 2.58. The quantitative estimate of drug-likeness (QED) is 0.348. The molecule has 0 radical (unpaired) electrons. The lowest BCUT2D eigenvalue weighted by Crippen LogP contribution is -2.49. The van der Waals surface area contributed by atoms with Crippen LogP contribution in [0.15, 0.2) is 91.1 Å². The monoisotopic (exact) mass is 493 g/mol. The fourth-order valence-electron chi connectivity index (χ4n) is 4.42. The number of para-hydroxylation sites is 5. The Morgan fingerprint density at radius 2 is 1.49 bits per heavy atom. The van der Waals surface area contributed by atoms with E-state index >= 15 is 0 Å². The lowest BCUT2D eigenvalue weighted by molar-refractivity contribution is 0.306. The minimum Gasteiger partial charge on any atom is -0.493 e. The summed E-state index contributed by atoms with van der Waals surface area (Å²) in [6.07, 6.45) is 1.79. The van der Waals surface area contributed by atoms with Gasteiger partial charge in [-0.25, -0.2) is 14.6 Å². The Bertz CT molecular complexity index is 1500. The fourth-order valence-corrected chi connectivity index (χ4v) is 4.42. The zero-order chi connectivity index (χ0) is 25.0. The highest BCUT2D eigenvalue weighted by Crippen LogP contribution is 2.34. The Kier molecular flexibility index (Phi) is 6.26. The van der Waals surface area contributed by atoms with E-state index < -0.39 is 0 Å². The molecule has 186 valence electrons. The average Bonchev–Trinajstić information content (AvgIpc) is 3.32. The highest BCUT2D eigenvalue weighted by molar-refractivity contribution is 5.79. The topological polar surface area (TPSA) is 80.6 Å². The Labute approximate surface area is 214 Å². The summed E-state index contributed by atoms with van der Waals surface area (Å²) >= 11 is 0. The molecule has 1 aliphatic heterocycles. The van der Waals surface area contributed by atoms with Gasteiger partial charge in [-0.1, -0.05) is 42.5 Å². The Morgan fingerprint density at radius 3 is 2.30 bits per heavy atom. The van der Waals surface area contributed by atoms with E-state index in [1.165, 1.54) is 0 Å². The van der Waals surface area contributed by atoms with Crippen LogP contribution in [0, 0.1) is 0 Å². The van der Waals surface area contributed by atoms with Gasteiger partial charge >= 0.3 is 6.01 Å². The molecule has 1 fully saturated rings. The van der Waals surface area contributed by atoms with E-state index in [9.17, 15) is 0 Å². The summed E-state index contributed by atoms with van der Waals surface area (Å²) < 4.78 is 13.7. The zero-order valence-corrected chi connectivity index (χ0v) is 20.5. The SMILES string of the molecule is COc1ccccc1Oc1nc2ccccc2n1-c1ccnc(N2CCN(Nc3ccccc3)CC2)n1. The standard InChI is InChI=1S/C28H27N7O2/c1-36-24-13-7-8-14-25(24)37-28-30-22-11-5-6-12-23(22)35(28)26-15-16-29-27(31-26)33-17-19-34(20-18-33)32-21-9-3-2-4-10-21/h2-16,32H,17-20H2,1H3. The minimum atomic E-state index is 0.409. The molecule has 1 saturated heterocycles. The predicted molar refractivity (Wildman–Crippen MR) is 144 cm³/mol. The normalized spacial score (nSPS) is 14.0. The number of nitrogens with zero attached hydrogens (tertiary/aromatic N) is 6. The number of aromatic nitrogens is 4. The fraction of sp³-hybridized carbons (Fsp3) is 0.179. The first kappa shape index (κ1) is 22.8. The Morgan fingerprint density at radius 1 is 0.757 bits per heavy atom. The molecular formula is C28H27N7O2. The Balaban J connectivity index is 1.27. The van der Waals surface area contributed by atoms with Crippen LogP contribution in [0.2, 0.25) is 0 Å². The summed E-state index contributed by atoms with van der Waals surface area (Å²) in [5.41, 5.74) is 6.27. The van der Waals surface area contributed by atoms with E-state index in [0.29, 0.717) is 29.3 Å². The van der Waals surface area contributed by atoms with Crippen molar-refractivity contribution in [2.45, 2.75) is 0 Å². The molecule has 0 saturated carbocycles. The number of fused-ring (bicyclic) bond motifs is 1. The molecule has 37 heavy (non-hydrogen) atoms. The number of methoxy groups -OCH3 is 1. The van der Waals surface area contributed by atoms with Crippen LogP contribution in [0.4, 0.5) is 11.6 Å². The number of rotatable bonds is 7. The number of nitrogens with one attached hydrogen (secondary N) is 1. The van der Waals surface area contributed by atoms with E-state index in [1.807, 2.05) is 77.4 Å². The molecule has 9 heteroatoms. The maximum absolute atomic E-state index is 6.26. The van der Waals surface area contributed by atoms with Crippen LogP contribution < -0.4 is 19.8 Å². The van der Waals surface area contributed by atoms with Gasteiger partial charge < -0.3 is 19.8 Å². The van der Waals surface area contributed by atoms with Crippen molar-refractivity contribution in [3.05, 3.63) is 91.1 Å². The molecule has 3 aromatic carbocycles. The van der Waals surface area contributed by atoms with Crippen molar-refractivity contribution in [2.24, 2.45) is 0 Å². The van der Waals surface area contributed by atoms with Crippen molar-refractivity contribution >= 4 is 22.7 Å². The molecule has 1 N–H and O–H groups in total. The molecule has 6 rings (SSSR count). The summed E-state index contributed by atoms with van der Waals surface area (Å²) in [4.78, 5) is 16.5. The lowest BCUT2D eigenvalue weighted by atomic mass is 10.3. The van der Waals surface area contributed by atoms with Crippen LogP contribution in [0.3, 0.4) is 0 Å². The van der Waals surface area contributed by atoms with Crippen molar-refractivity contribution < 1.29 is 9.47 Å². The molecule has 5 aromatic rings. The van der Waals surface area contributed by atoms with Crippen molar-refractivity contribution in [1.29, 1.82) is 0 Å². The first-order valence-electron chi connectivity index (χ1n) is 12.2. The first-order valence-corrected chi connectivity index (χ1v) is 12.2. The van der Waals surface area contributed by atoms with Gasteiger partial charge in [0.25, 0.3) is 0 Å². The van der Waals surface area contributed by atoms with Gasteiger partial charge in [-0.3, -0.25) is 0 Å². The van der Waals surface area contributed by atoms with Gasteiger partial charge in [0.15, 0.2) is 11.5 Å². The van der Waals surface area contributed by atoms with Crippen molar-refractivity contribution in [2.75, 3.05) is 43.6 Å². The van der Waals surface area contributed by atoms with E-state index in [0.717, 1.165) is 42.9 Å². The molecule has 0 spiro atoms. The second-order valence-electron chi connectivity index (χ2n) is 8.64. The van der Waals surface area contributed by atoms with Gasteiger partial charge in [0, 0.05) is 44.1 Å². The summed E-state index contributed by atoms with van der Waals surface area (Å²) in [6, 6.07) is 27.9. The van der Waals surface area contributed by atoms with Crippen molar-refractivity contribution in [3.63, 3.8) is 0 Å². The lowest BCUT2D eigenvalue weighted by Gasteiger charge is -2.35. The molecule has 3 heterocycles. The van der Waals surface area contributed by atoms with Crippen molar-refractivity contribution in [1.82, 2.24) is 24.5 Å². The number of anilines is 2. The number of piperazine rings is 1. The third-order valence-corrected chi connectivity index (χ3v) is 6.28. The highest BCUT2D eigenvalue weighted by Gasteiger charge is 2.21. The van der Waals surface area contributed by atoms with Gasteiger partial charge in [0.05, 0.1) is 18.1 Å². The second kappa shape index (κ2) is 10.2. The van der Waals surface area contributed by atoms with Crippen LogP contribution in [-0.4, -0.2) is 57.8 Å². The van der Waals surface area contributed by atoms with Crippen LogP contribution in [-0.2, 0) is 0 Å². The maximum Gasteiger partial charge on any atom is 0.309 e. The highest BCUT2D eigenvalue weighted by atomic mass is 16.5. The molecule has 2 aromatic heterocycles. The van der Waals surface area contributed by atoms with E-state index in [-0.39, 0.29) is 0 Å². The number of hydrazine groups is 1. The second-order valence-corrected chi connectivity index (χ2v) is 8.64. The van der Waals surface area contributed by atoms with E-state index in [2.05, 4.69) is 32.5 Å². The third-order valence-electron chi connectivity index (χ3n) is 6.28. The number of hydrogen-bond donors (Lipinski definition) is 1. The van der Waals surface area contributed by atoms with Crippen LogP contribution in [0.1, 0.15) is 0 Å². The number of hydrogen-bond acceptors (Lipinski definition) is 8. The summed E-state index contributed by atoms with van der Waals surface area (Å²) in [5, 5.41) is 2.22. The van der Waals surface area contributed by atoms with Crippen LogP contribution in [0.25, 0.3) is 16.9 Å². The zero-order valence-electron chi connectivity index (χ0n) is 20.5. The number of imidazole rings is 1. The molecule has 0 aliphatic carbocycles. The number of benzene rings is 3. The number of ether oxygens (including phenoxy) is 2. The summed E-state index contributed by atoms with van der Waals surface area (Å²) in [7, 11) is 1.62.